The zero-order chi connectivity index (χ0) is 8.65. The van der Waals surface area contributed by atoms with Crippen LogP contribution in [0.4, 0.5) is 0 Å². The van der Waals surface area contributed by atoms with Gasteiger partial charge in [-0.2, -0.15) is 0 Å². The molecule has 0 spiro atoms. The predicted molar refractivity (Wildman–Crippen MR) is 40.4 cm³/mol. The first-order valence-corrected chi connectivity index (χ1v) is 5.21. The van der Waals surface area contributed by atoms with Crippen molar-refractivity contribution in [3.63, 3.8) is 0 Å². The van der Waals surface area contributed by atoms with E-state index < -0.39 is 13.4 Å². The van der Waals surface area contributed by atoms with Crippen molar-refractivity contribution in [1.82, 2.24) is 0 Å². The van der Waals surface area contributed by atoms with E-state index >= 15 is 0 Å². The van der Waals surface area contributed by atoms with Gasteiger partial charge in [-0.1, -0.05) is 0 Å². The van der Waals surface area contributed by atoms with E-state index in [1.807, 2.05) is 0 Å². The highest BCUT2D eigenvalue weighted by atomic mass is 31.2. The minimum absolute atomic E-state index is 0.199. The highest BCUT2D eigenvalue weighted by molar-refractivity contribution is 7.54. The van der Waals surface area contributed by atoms with Gasteiger partial charge in [0.05, 0.1) is 12.2 Å². The van der Waals surface area contributed by atoms with Crippen molar-refractivity contribution < 1.29 is 18.7 Å². The Bertz CT molecular complexity index is 177. The van der Waals surface area contributed by atoms with Crippen LogP contribution in [0.15, 0.2) is 0 Å². The zero-order valence-electron chi connectivity index (χ0n) is 6.85. The van der Waals surface area contributed by atoms with E-state index in [0.29, 0.717) is 0 Å². The molecule has 1 saturated heterocycles. The maximum atomic E-state index is 11.4. The Morgan fingerprint density at radius 2 is 1.73 bits per heavy atom. The van der Waals surface area contributed by atoms with Crippen molar-refractivity contribution in [2.75, 3.05) is 0 Å². The minimum atomic E-state index is -3.20. The van der Waals surface area contributed by atoms with Crippen molar-refractivity contribution in [2.45, 2.75) is 38.8 Å². The van der Waals surface area contributed by atoms with E-state index in [1.165, 1.54) is 6.92 Å². The number of hydrogen-bond acceptors (Lipinski definition) is 4. The Balaban J connectivity index is 2.72. The fourth-order valence-corrected chi connectivity index (χ4v) is 2.51. The largest absolute Gasteiger partial charge is 0.381 e. The van der Waals surface area contributed by atoms with Gasteiger partial charge in [-0.3, -0.25) is 4.57 Å². The van der Waals surface area contributed by atoms with Gasteiger partial charge in [0.25, 0.3) is 0 Å². The van der Waals surface area contributed by atoms with Crippen LogP contribution >= 0.6 is 7.60 Å². The molecule has 1 heterocycles. The quantitative estimate of drug-likeness (QED) is 0.618. The Kier molecular flexibility index (Phi) is 2.40. The molecule has 3 atom stereocenters. The number of rotatable bonds is 1. The Morgan fingerprint density at radius 1 is 1.36 bits per heavy atom. The highest BCUT2D eigenvalue weighted by Gasteiger charge is 2.43. The average molecular weight is 180 g/mol. The second-order valence-electron chi connectivity index (χ2n) is 2.79. The van der Waals surface area contributed by atoms with Gasteiger partial charge in [-0.25, -0.2) is 0 Å². The maximum Gasteiger partial charge on any atom is 0.359 e. The zero-order valence-corrected chi connectivity index (χ0v) is 7.75. The lowest BCUT2D eigenvalue weighted by Crippen LogP contribution is -2.13. The number of aliphatic hydroxyl groups excluding tert-OH is 1. The van der Waals surface area contributed by atoms with Crippen LogP contribution in [0.3, 0.4) is 0 Å². The molecule has 1 rings (SSSR count). The number of hydrogen-bond donors (Lipinski definition) is 1. The summed E-state index contributed by atoms with van der Waals surface area (Å²) < 4.78 is 21.5. The first-order chi connectivity index (χ1) is 4.96. The molecule has 5 heteroatoms. The summed E-state index contributed by atoms with van der Waals surface area (Å²) in [6, 6.07) is 0. The van der Waals surface area contributed by atoms with Crippen LogP contribution in [0.5, 0.6) is 0 Å². The maximum absolute atomic E-state index is 11.4. The summed E-state index contributed by atoms with van der Waals surface area (Å²) in [5.74, 6) is -1.03. The van der Waals surface area contributed by atoms with Crippen molar-refractivity contribution in [2.24, 2.45) is 0 Å². The lowest BCUT2D eigenvalue weighted by atomic mass is 10.3. The molecule has 1 fully saturated rings. The van der Waals surface area contributed by atoms with Gasteiger partial charge < -0.3 is 14.2 Å². The summed E-state index contributed by atoms with van der Waals surface area (Å²) in [7, 11) is -3.20. The van der Waals surface area contributed by atoms with Crippen LogP contribution in [0.1, 0.15) is 20.8 Å². The standard InChI is InChI=1S/C6H13O4P/c1-4-5(2)10-11(8,9-4)6(3)7/h4-7H,1-3H3. The molecule has 0 saturated carbocycles. The predicted octanol–water partition coefficient (Wildman–Crippen LogP) is 1.34. The fourth-order valence-electron chi connectivity index (χ4n) is 0.836. The summed E-state index contributed by atoms with van der Waals surface area (Å²) in [4.78, 5) is 0. The molecular formula is C6H13O4P. The second-order valence-corrected chi connectivity index (χ2v) is 5.04. The minimum Gasteiger partial charge on any atom is -0.381 e. The Morgan fingerprint density at radius 3 is 1.91 bits per heavy atom. The molecular weight excluding hydrogens is 167 g/mol. The smallest absolute Gasteiger partial charge is 0.359 e. The molecule has 0 radical (unpaired) electrons. The van der Waals surface area contributed by atoms with Gasteiger partial charge in [-0.15, -0.1) is 0 Å². The van der Waals surface area contributed by atoms with Crippen LogP contribution in [0, 0.1) is 0 Å². The molecule has 0 amide bonds. The first-order valence-electron chi connectivity index (χ1n) is 3.60. The lowest BCUT2D eigenvalue weighted by Gasteiger charge is -2.11. The highest BCUT2D eigenvalue weighted by Crippen LogP contribution is 2.59. The van der Waals surface area contributed by atoms with E-state index in [-0.39, 0.29) is 12.2 Å². The summed E-state index contributed by atoms with van der Waals surface area (Å²) in [5, 5.41) is 9.03. The summed E-state index contributed by atoms with van der Waals surface area (Å²) in [6.07, 6.45) is -0.397. The van der Waals surface area contributed by atoms with Crippen LogP contribution in [-0.2, 0) is 13.6 Å². The normalized spacial score (nSPS) is 47.6. The molecule has 1 aliphatic rings. The molecule has 3 unspecified atom stereocenters. The Labute approximate surface area is 66.0 Å². The molecule has 66 valence electrons. The van der Waals surface area contributed by atoms with Gasteiger partial charge >= 0.3 is 7.60 Å². The first kappa shape index (κ1) is 9.20. The van der Waals surface area contributed by atoms with Gasteiger partial charge in [0, 0.05) is 0 Å². The molecule has 11 heavy (non-hydrogen) atoms. The summed E-state index contributed by atoms with van der Waals surface area (Å²) in [5.41, 5.74) is 0. The van der Waals surface area contributed by atoms with Crippen LogP contribution in [-0.4, -0.2) is 23.2 Å². The lowest BCUT2D eigenvalue weighted by molar-refractivity contribution is 0.187. The van der Waals surface area contributed by atoms with Crippen molar-refractivity contribution in [1.29, 1.82) is 0 Å². The van der Waals surface area contributed by atoms with Gasteiger partial charge in [0.1, 0.15) is 0 Å². The van der Waals surface area contributed by atoms with E-state index in [4.69, 9.17) is 14.2 Å². The summed E-state index contributed by atoms with van der Waals surface area (Å²) in [6.45, 7) is 4.95. The van der Waals surface area contributed by atoms with E-state index in [0.717, 1.165) is 0 Å². The molecule has 0 aromatic rings. The molecule has 1 aliphatic heterocycles. The number of aliphatic hydroxyl groups is 1. The van der Waals surface area contributed by atoms with Crippen LogP contribution in [0.2, 0.25) is 0 Å². The van der Waals surface area contributed by atoms with E-state index in [2.05, 4.69) is 0 Å². The third kappa shape index (κ3) is 1.64. The topological polar surface area (TPSA) is 55.8 Å². The van der Waals surface area contributed by atoms with E-state index in [9.17, 15) is 4.57 Å². The van der Waals surface area contributed by atoms with Crippen LogP contribution in [0.25, 0.3) is 0 Å². The molecule has 0 aromatic carbocycles. The van der Waals surface area contributed by atoms with Crippen molar-refractivity contribution in [3.8, 4) is 0 Å². The van der Waals surface area contributed by atoms with Gasteiger partial charge in [-0.05, 0) is 20.8 Å². The second kappa shape index (κ2) is 2.87. The molecule has 0 aromatic heterocycles. The van der Waals surface area contributed by atoms with Crippen molar-refractivity contribution >= 4 is 7.60 Å². The third-order valence-corrected chi connectivity index (χ3v) is 3.91. The molecule has 4 nitrogen and oxygen atoms in total. The van der Waals surface area contributed by atoms with Crippen LogP contribution < -0.4 is 0 Å². The van der Waals surface area contributed by atoms with Gasteiger partial charge in [0.2, 0.25) is 0 Å². The Hall–Kier alpha value is 0.110. The third-order valence-electron chi connectivity index (χ3n) is 1.75. The van der Waals surface area contributed by atoms with E-state index in [1.54, 1.807) is 13.8 Å². The summed E-state index contributed by atoms with van der Waals surface area (Å²) >= 11 is 0. The molecule has 0 aliphatic carbocycles. The fraction of sp³-hybridized carbons (Fsp3) is 1.00. The van der Waals surface area contributed by atoms with Gasteiger partial charge in [0.15, 0.2) is 5.85 Å². The SMILES string of the molecule is CC1OP(=O)(C(C)O)OC1C. The average Bonchev–Trinajstić information content (AvgIpc) is 2.09. The molecule has 1 N–H and O–H groups in total. The monoisotopic (exact) mass is 180 g/mol. The molecule has 0 bridgehead atoms. The van der Waals surface area contributed by atoms with Crippen molar-refractivity contribution in [3.05, 3.63) is 0 Å².